The zero-order valence-electron chi connectivity index (χ0n) is 67.2. The van der Waals surface area contributed by atoms with Gasteiger partial charge in [-0.25, -0.2) is 9.13 Å². The van der Waals surface area contributed by atoms with Gasteiger partial charge in [-0.1, -0.05) is 376 Å². The third kappa shape index (κ3) is 73.6. The van der Waals surface area contributed by atoms with Crippen molar-refractivity contribution in [1.29, 1.82) is 0 Å². The van der Waals surface area contributed by atoms with E-state index in [2.05, 4.69) is 55.4 Å². The number of phosphoric acid groups is 2. The predicted molar refractivity (Wildman–Crippen MR) is 418 cm³/mol. The second-order valence-electron chi connectivity index (χ2n) is 31.3. The number of hydrogen-bond donors (Lipinski definition) is 3. The molecule has 0 aromatic carbocycles. The number of carbonyl (C=O) groups is 4. The number of aliphatic hydroxyl groups excluding tert-OH is 1. The molecule has 17 nitrogen and oxygen atoms in total. The molecule has 3 N–H and O–H groups in total. The normalized spacial score (nSPS) is 14.5. The Hall–Kier alpha value is -1.94. The van der Waals surface area contributed by atoms with Gasteiger partial charge in [-0.3, -0.25) is 37.3 Å². The number of unbranched alkanes of at least 4 members (excludes halogenated alkanes) is 44. The maximum Gasteiger partial charge on any atom is 0.472 e. The Morgan fingerprint density at radius 1 is 0.275 bits per heavy atom. The van der Waals surface area contributed by atoms with E-state index in [0.29, 0.717) is 31.6 Å². The lowest BCUT2D eigenvalue weighted by molar-refractivity contribution is -0.161. The fourth-order valence-electron chi connectivity index (χ4n) is 12.7. The number of phosphoric ester groups is 2. The van der Waals surface area contributed by atoms with Crippen LogP contribution in [-0.2, 0) is 65.4 Å². The van der Waals surface area contributed by atoms with Gasteiger partial charge >= 0.3 is 39.5 Å². The monoisotopic (exact) mass is 1490 g/mol. The molecule has 606 valence electrons. The molecule has 0 fully saturated rings. The number of carbonyl (C=O) groups excluding carboxylic acids is 4. The van der Waals surface area contributed by atoms with E-state index in [-0.39, 0.29) is 25.7 Å². The molecule has 0 bridgehead atoms. The summed E-state index contributed by atoms with van der Waals surface area (Å²) in [4.78, 5) is 73.0. The van der Waals surface area contributed by atoms with Crippen molar-refractivity contribution in [3.63, 3.8) is 0 Å². The molecule has 0 aliphatic rings. The van der Waals surface area contributed by atoms with E-state index in [0.717, 1.165) is 114 Å². The summed E-state index contributed by atoms with van der Waals surface area (Å²) in [7, 11) is -9.92. The molecule has 7 atom stereocenters. The van der Waals surface area contributed by atoms with Gasteiger partial charge in [0.1, 0.15) is 19.3 Å². The molecule has 0 rings (SSSR count). The van der Waals surface area contributed by atoms with E-state index < -0.39 is 97.5 Å². The first-order valence-electron chi connectivity index (χ1n) is 42.8. The first kappa shape index (κ1) is 100. The van der Waals surface area contributed by atoms with Gasteiger partial charge in [-0.05, 0) is 49.4 Å². The molecule has 19 heteroatoms. The van der Waals surface area contributed by atoms with Gasteiger partial charge in [0.15, 0.2) is 12.2 Å². The highest BCUT2D eigenvalue weighted by molar-refractivity contribution is 7.47. The Kier molecular flexibility index (Phi) is 70.6. The van der Waals surface area contributed by atoms with Crippen LogP contribution in [0.1, 0.15) is 428 Å². The van der Waals surface area contributed by atoms with Crippen molar-refractivity contribution in [2.24, 2.45) is 23.7 Å². The molecule has 0 aromatic heterocycles. The zero-order chi connectivity index (χ0) is 75.3. The maximum absolute atomic E-state index is 13.1. The molecule has 4 unspecified atom stereocenters. The van der Waals surface area contributed by atoms with E-state index in [1.807, 2.05) is 0 Å². The summed E-state index contributed by atoms with van der Waals surface area (Å²) in [6.07, 6.45) is 59.8. The lowest BCUT2D eigenvalue weighted by Gasteiger charge is -2.21. The van der Waals surface area contributed by atoms with Crippen LogP contribution >= 0.6 is 15.6 Å². The minimum atomic E-state index is -4.96. The van der Waals surface area contributed by atoms with Gasteiger partial charge in [-0.15, -0.1) is 0 Å². The quantitative estimate of drug-likeness (QED) is 0.0222. The first-order valence-corrected chi connectivity index (χ1v) is 45.8. The minimum absolute atomic E-state index is 0.106. The molecule has 0 aliphatic heterocycles. The largest absolute Gasteiger partial charge is 0.472 e. The Labute approximate surface area is 626 Å². The van der Waals surface area contributed by atoms with Crippen LogP contribution in [0, 0.1) is 23.7 Å². The molecule has 0 aromatic rings. The second kappa shape index (κ2) is 72.0. The van der Waals surface area contributed by atoms with Crippen molar-refractivity contribution in [1.82, 2.24) is 0 Å². The molecule has 102 heavy (non-hydrogen) atoms. The fraction of sp³-hybridized carbons (Fsp3) is 0.952. The Morgan fingerprint density at radius 3 is 0.696 bits per heavy atom. The number of hydrogen-bond acceptors (Lipinski definition) is 15. The molecule has 0 radical (unpaired) electrons. The van der Waals surface area contributed by atoms with Crippen LogP contribution in [0.5, 0.6) is 0 Å². The molecule has 0 amide bonds. The molecule has 0 heterocycles. The van der Waals surface area contributed by atoms with Crippen LogP contribution in [0.15, 0.2) is 0 Å². The molecular weight excluding hydrogens is 1330 g/mol. The van der Waals surface area contributed by atoms with Crippen molar-refractivity contribution in [3.05, 3.63) is 0 Å². The third-order valence-corrected chi connectivity index (χ3v) is 21.9. The number of aliphatic hydroxyl groups is 1. The van der Waals surface area contributed by atoms with E-state index >= 15 is 0 Å². The highest BCUT2D eigenvalue weighted by atomic mass is 31.2. The van der Waals surface area contributed by atoms with E-state index in [1.54, 1.807) is 0 Å². The molecule has 0 aliphatic carbocycles. The van der Waals surface area contributed by atoms with E-state index in [9.17, 15) is 43.2 Å². The first-order chi connectivity index (χ1) is 49.2. The van der Waals surface area contributed by atoms with Crippen LogP contribution in [0.4, 0.5) is 0 Å². The van der Waals surface area contributed by atoms with Crippen LogP contribution in [0.2, 0.25) is 0 Å². The predicted octanol–water partition coefficient (Wildman–Crippen LogP) is 24.8. The summed E-state index contributed by atoms with van der Waals surface area (Å²) >= 11 is 0. The SMILES string of the molecule is CCC(C)CCCCCCCCCCCCCCCCCCCCC(=O)O[C@H](COC(=O)CCCCCCCCC(C)C)COP(=O)(O)OC[C@H](O)COP(=O)(O)OC[C@@H](COC(=O)CCCCCCCCCCCCCCCCC(C)C)OC(=O)CCCCCCCCCCCCC(C)CC. The second-order valence-corrected chi connectivity index (χ2v) is 34.2. The zero-order valence-corrected chi connectivity index (χ0v) is 69.0. The van der Waals surface area contributed by atoms with Crippen molar-refractivity contribution < 1.29 is 80.2 Å². The van der Waals surface area contributed by atoms with Gasteiger partial charge in [0.2, 0.25) is 0 Å². The molecule has 0 saturated heterocycles. The van der Waals surface area contributed by atoms with E-state index in [1.165, 1.54) is 225 Å². The number of ether oxygens (including phenoxy) is 4. The van der Waals surface area contributed by atoms with Gasteiger partial charge in [0, 0.05) is 25.7 Å². The number of rotatable bonds is 80. The fourth-order valence-corrected chi connectivity index (χ4v) is 14.3. The Morgan fingerprint density at radius 2 is 0.471 bits per heavy atom. The lowest BCUT2D eigenvalue weighted by Crippen LogP contribution is -2.30. The van der Waals surface area contributed by atoms with Crippen LogP contribution in [0.25, 0.3) is 0 Å². The van der Waals surface area contributed by atoms with Gasteiger partial charge in [-0.2, -0.15) is 0 Å². The molecule has 0 spiro atoms. The van der Waals surface area contributed by atoms with Crippen LogP contribution < -0.4 is 0 Å². The maximum atomic E-state index is 13.1. The number of esters is 4. The molecule has 0 saturated carbocycles. The highest BCUT2D eigenvalue weighted by Crippen LogP contribution is 2.45. The average Bonchev–Trinajstić information content (AvgIpc) is 0.907. The minimum Gasteiger partial charge on any atom is -0.462 e. The van der Waals surface area contributed by atoms with Crippen molar-refractivity contribution >= 4 is 39.5 Å². The summed E-state index contributed by atoms with van der Waals surface area (Å²) < 4.78 is 68.7. The van der Waals surface area contributed by atoms with Crippen LogP contribution in [0.3, 0.4) is 0 Å². The third-order valence-electron chi connectivity index (χ3n) is 20.0. The summed E-state index contributed by atoms with van der Waals surface area (Å²) in [6, 6.07) is 0. The summed E-state index contributed by atoms with van der Waals surface area (Å²) in [6.45, 7) is 14.3. The van der Waals surface area contributed by atoms with Crippen molar-refractivity contribution in [2.75, 3.05) is 39.6 Å². The average molecular weight is 1490 g/mol. The lowest BCUT2D eigenvalue weighted by atomic mass is 9.99. The van der Waals surface area contributed by atoms with Crippen LogP contribution in [-0.4, -0.2) is 96.7 Å². The topological polar surface area (TPSA) is 237 Å². The Balaban J connectivity index is 5.18. The summed E-state index contributed by atoms with van der Waals surface area (Å²) in [5, 5.41) is 10.6. The van der Waals surface area contributed by atoms with Gasteiger partial charge in [0.25, 0.3) is 0 Å². The Bertz CT molecular complexity index is 1990. The van der Waals surface area contributed by atoms with Gasteiger partial charge < -0.3 is 33.8 Å². The van der Waals surface area contributed by atoms with E-state index in [4.69, 9.17) is 37.0 Å². The van der Waals surface area contributed by atoms with Crippen molar-refractivity contribution in [3.8, 4) is 0 Å². The summed E-state index contributed by atoms with van der Waals surface area (Å²) in [5.74, 6) is 1.04. The molecular formula is C83H162O17P2. The standard InChI is InChI=1S/C83H162O17P2/c1-9-75(7)61-53-45-36-30-24-20-15-13-11-12-14-16-22-26-33-39-49-57-65-82(87)100-79(70-94-81(86)64-56-48-42-41-44-52-60-74(5)6)72-98-102(91,92)96-68-77(84)67-95-101(89,90)97-71-78(99-83(88)66-58-50-40-34-28-27-31-37-46-54-62-76(8)10-2)69-93-80(85)63-55-47-38-32-25-21-18-17-19-23-29-35-43-51-59-73(3)4/h73-79,84H,9-72H2,1-8H3,(H,89,90)(H,91,92)/t75?,76?,77-,78-,79-/m1/s1. The highest BCUT2D eigenvalue weighted by Gasteiger charge is 2.30. The van der Waals surface area contributed by atoms with Gasteiger partial charge in [0.05, 0.1) is 26.4 Å². The summed E-state index contributed by atoms with van der Waals surface area (Å²) in [5.41, 5.74) is 0. The smallest absolute Gasteiger partial charge is 0.462 e. The van der Waals surface area contributed by atoms with Crippen molar-refractivity contribution in [2.45, 2.75) is 446 Å².